The van der Waals surface area contributed by atoms with E-state index in [0.717, 1.165) is 0 Å². The maximum atomic E-state index is 11.1. The van der Waals surface area contributed by atoms with E-state index in [4.69, 9.17) is 10.8 Å². The molecule has 2 atom stereocenters. The lowest BCUT2D eigenvalue weighted by Gasteiger charge is -2.06. The SMILES string of the molecule is CCC(C(=O)O)S(=O)CC(N)=O. The molecule has 0 radical (unpaired) electrons. The lowest BCUT2D eigenvalue weighted by Crippen LogP contribution is -2.31. The maximum Gasteiger partial charge on any atom is 0.319 e. The highest BCUT2D eigenvalue weighted by Crippen LogP contribution is 2.01. The second-order valence-electron chi connectivity index (χ2n) is 2.23. The van der Waals surface area contributed by atoms with Crippen LogP contribution < -0.4 is 5.73 Å². The van der Waals surface area contributed by atoms with Crippen molar-refractivity contribution in [2.24, 2.45) is 5.73 Å². The smallest absolute Gasteiger partial charge is 0.319 e. The van der Waals surface area contributed by atoms with Crippen LogP contribution in [0.2, 0.25) is 0 Å². The number of primary amides is 1. The summed E-state index contributed by atoms with van der Waals surface area (Å²) < 4.78 is 11.1. The fourth-order valence-corrected chi connectivity index (χ4v) is 1.79. The van der Waals surface area contributed by atoms with Crippen LogP contribution in [0.25, 0.3) is 0 Å². The fourth-order valence-electron chi connectivity index (χ4n) is 0.714. The molecule has 6 heteroatoms. The number of carboxylic acid groups (broad SMARTS) is 1. The normalized spacial score (nSPS) is 15.1. The Balaban J connectivity index is 4.22. The van der Waals surface area contributed by atoms with Crippen molar-refractivity contribution < 1.29 is 18.9 Å². The Morgan fingerprint density at radius 2 is 2.08 bits per heavy atom. The zero-order valence-electron chi connectivity index (χ0n) is 6.65. The van der Waals surface area contributed by atoms with Gasteiger partial charge in [0.1, 0.15) is 11.0 Å². The van der Waals surface area contributed by atoms with E-state index in [0.29, 0.717) is 0 Å². The molecule has 0 fully saturated rings. The number of rotatable bonds is 5. The molecular formula is C6H11NO4S. The largest absolute Gasteiger partial charge is 0.480 e. The van der Waals surface area contributed by atoms with E-state index in [-0.39, 0.29) is 12.2 Å². The first-order valence-electron chi connectivity index (χ1n) is 3.37. The number of aliphatic carboxylic acids is 1. The van der Waals surface area contributed by atoms with Gasteiger partial charge in [0, 0.05) is 10.8 Å². The molecule has 1 amide bonds. The van der Waals surface area contributed by atoms with Crippen molar-refractivity contribution in [1.82, 2.24) is 0 Å². The summed E-state index contributed by atoms with van der Waals surface area (Å²) in [5.41, 5.74) is 4.76. The number of carboxylic acids is 1. The van der Waals surface area contributed by atoms with Gasteiger partial charge in [-0.15, -0.1) is 0 Å². The summed E-state index contributed by atoms with van der Waals surface area (Å²) in [7, 11) is -1.69. The van der Waals surface area contributed by atoms with Gasteiger partial charge in [0.05, 0.1) is 0 Å². The molecule has 0 rings (SSSR count). The third-order valence-corrected chi connectivity index (χ3v) is 2.99. The van der Waals surface area contributed by atoms with E-state index < -0.39 is 27.9 Å². The van der Waals surface area contributed by atoms with Crippen LogP contribution in [0.1, 0.15) is 13.3 Å². The van der Waals surface area contributed by atoms with E-state index in [1.807, 2.05) is 0 Å². The van der Waals surface area contributed by atoms with Crippen molar-refractivity contribution in [1.29, 1.82) is 0 Å². The summed E-state index contributed by atoms with van der Waals surface area (Å²) in [6.45, 7) is 1.59. The highest BCUT2D eigenvalue weighted by Gasteiger charge is 2.23. The van der Waals surface area contributed by atoms with Crippen molar-refractivity contribution in [3.8, 4) is 0 Å². The van der Waals surface area contributed by atoms with Crippen LogP contribution in [0.15, 0.2) is 0 Å². The van der Waals surface area contributed by atoms with Crippen LogP contribution in [-0.2, 0) is 20.4 Å². The highest BCUT2D eigenvalue weighted by molar-refractivity contribution is 7.87. The molecule has 0 saturated carbocycles. The molecule has 0 aliphatic rings. The molecule has 2 unspecified atom stereocenters. The van der Waals surface area contributed by atoms with Gasteiger partial charge in [-0.1, -0.05) is 6.92 Å². The number of carbonyl (C=O) groups is 2. The van der Waals surface area contributed by atoms with Crippen LogP contribution in [0.3, 0.4) is 0 Å². The van der Waals surface area contributed by atoms with E-state index in [2.05, 4.69) is 0 Å². The zero-order valence-corrected chi connectivity index (χ0v) is 7.47. The van der Waals surface area contributed by atoms with Crippen molar-refractivity contribution in [2.75, 3.05) is 5.75 Å². The Morgan fingerprint density at radius 3 is 2.33 bits per heavy atom. The van der Waals surface area contributed by atoms with E-state index >= 15 is 0 Å². The molecular weight excluding hydrogens is 182 g/mol. The molecule has 12 heavy (non-hydrogen) atoms. The summed E-state index contributed by atoms with van der Waals surface area (Å²) in [5, 5.41) is 7.52. The summed E-state index contributed by atoms with van der Waals surface area (Å²) >= 11 is 0. The number of carbonyl (C=O) groups excluding carboxylic acids is 1. The van der Waals surface area contributed by atoms with Gasteiger partial charge in [-0.25, -0.2) is 0 Å². The first-order valence-corrected chi connectivity index (χ1v) is 4.75. The second-order valence-corrected chi connectivity index (χ2v) is 3.85. The highest BCUT2D eigenvalue weighted by atomic mass is 32.2. The molecule has 0 aromatic heterocycles. The summed E-state index contributed by atoms with van der Waals surface area (Å²) in [6, 6.07) is 0. The molecule has 0 aromatic rings. The van der Waals surface area contributed by atoms with Gasteiger partial charge < -0.3 is 10.8 Å². The van der Waals surface area contributed by atoms with Gasteiger partial charge in [-0.3, -0.25) is 13.8 Å². The number of nitrogens with two attached hydrogens (primary N) is 1. The van der Waals surface area contributed by atoms with Gasteiger partial charge in [-0.05, 0) is 6.42 Å². The topological polar surface area (TPSA) is 97.5 Å². The minimum Gasteiger partial charge on any atom is -0.480 e. The van der Waals surface area contributed by atoms with Crippen LogP contribution >= 0.6 is 0 Å². The summed E-state index contributed by atoms with van der Waals surface area (Å²) in [5.74, 6) is -2.28. The Kier molecular flexibility index (Phi) is 4.50. The minimum atomic E-state index is -1.69. The lowest BCUT2D eigenvalue weighted by atomic mass is 10.3. The van der Waals surface area contributed by atoms with Gasteiger partial charge >= 0.3 is 5.97 Å². The van der Waals surface area contributed by atoms with Crippen LogP contribution in [-0.4, -0.2) is 32.2 Å². The molecule has 0 spiro atoms. The molecule has 0 saturated heterocycles. The molecule has 0 heterocycles. The third-order valence-electron chi connectivity index (χ3n) is 1.25. The van der Waals surface area contributed by atoms with Crippen molar-refractivity contribution in [3.05, 3.63) is 0 Å². The molecule has 0 aliphatic carbocycles. The van der Waals surface area contributed by atoms with Crippen molar-refractivity contribution in [2.45, 2.75) is 18.6 Å². The van der Waals surface area contributed by atoms with Gasteiger partial charge in [-0.2, -0.15) is 0 Å². The van der Waals surface area contributed by atoms with Crippen LogP contribution in [0.4, 0.5) is 0 Å². The number of hydrogen-bond donors (Lipinski definition) is 2. The first kappa shape index (κ1) is 11.1. The Hall–Kier alpha value is -0.910. The van der Waals surface area contributed by atoms with Gasteiger partial charge in [0.25, 0.3) is 0 Å². The number of hydrogen-bond acceptors (Lipinski definition) is 3. The zero-order chi connectivity index (χ0) is 9.72. The molecule has 70 valence electrons. The monoisotopic (exact) mass is 193 g/mol. The second kappa shape index (κ2) is 4.87. The minimum absolute atomic E-state index is 0.231. The van der Waals surface area contributed by atoms with E-state index in [9.17, 15) is 13.8 Å². The average molecular weight is 193 g/mol. The van der Waals surface area contributed by atoms with Gasteiger partial charge in [0.2, 0.25) is 5.91 Å². The van der Waals surface area contributed by atoms with Crippen LogP contribution in [0.5, 0.6) is 0 Å². The Bertz CT molecular complexity index is 216. The standard InChI is InChI=1S/C6H11NO4S/c1-2-4(6(9)10)12(11)3-5(7)8/h4H,2-3H2,1H3,(H2,7,8)(H,9,10). The van der Waals surface area contributed by atoms with Crippen molar-refractivity contribution >= 4 is 22.7 Å². The predicted molar refractivity (Wildman–Crippen MR) is 43.9 cm³/mol. The van der Waals surface area contributed by atoms with Crippen LogP contribution in [0, 0.1) is 0 Å². The van der Waals surface area contributed by atoms with Crippen molar-refractivity contribution in [3.63, 3.8) is 0 Å². The predicted octanol–water partition coefficient (Wildman–Crippen LogP) is -0.916. The van der Waals surface area contributed by atoms with E-state index in [1.54, 1.807) is 6.92 Å². The lowest BCUT2D eigenvalue weighted by molar-refractivity contribution is -0.136. The molecule has 0 bridgehead atoms. The summed E-state index contributed by atoms with van der Waals surface area (Å²) in [6.07, 6.45) is 0.231. The molecule has 3 N–H and O–H groups in total. The molecule has 0 aromatic carbocycles. The quantitative estimate of drug-likeness (QED) is 0.590. The maximum absolute atomic E-state index is 11.1. The fraction of sp³-hybridized carbons (Fsp3) is 0.667. The summed E-state index contributed by atoms with van der Waals surface area (Å²) in [4.78, 5) is 20.7. The molecule has 5 nitrogen and oxygen atoms in total. The molecule has 0 aliphatic heterocycles. The Morgan fingerprint density at radius 1 is 1.58 bits per heavy atom. The van der Waals surface area contributed by atoms with E-state index in [1.165, 1.54) is 0 Å². The number of amides is 1. The average Bonchev–Trinajstić information content (AvgIpc) is 1.85. The third kappa shape index (κ3) is 3.47. The first-order chi connectivity index (χ1) is 5.49. The van der Waals surface area contributed by atoms with Gasteiger partial charge in [0.15, 0.2) is 0 Å². The Labute approximate surface area is 72.4 Å².